The summed E-state index contributed by atoms with van der Waals surface area (Å²) in [5.41, 5.74) is 1.96. The van der Waals surface area contributed by atoms with Crippen molar-refractivity contribution >= 4 is 5.69 Å². The van der Waals surface area contributed by atoms with E-state index in [0.29, 0.717) is 5.92 Å². The van der Waals surface area contributed by atoms with E-state index in [1.807, 2.05) is 6.07 Å². The first-order valence-electron chi connectivity index (χ1n) is 6.93. The van der Waals surface area contributed by atoms with E-state index >= 15 is 0 Å². The normalized spacial score (nSPS) is 27.5. The summed E-state index contributed by atoms with van der Waals surface area (Å²) >= 11 is 0. The van der Waals surface area contributed by atoms with Gasteiger partial charge in [0.25, 0.3) is 0 Å². The Morgan fingerprint density at radius 3 is 3.00 bits per heavy atom. The van der Waals surface area contributed by atoms with Gasteiger partial charge in [0.15, 0.2) is 0 Å². The lowest BCUT2D eigenvalue weighted by atomic mass is 9.75. The smallest absolute Gasteiger partial charge is 0.125 e. The largest absolute Gasteiger partial charge is 0.367 e. The van der Waals surface area contributed by atoms with Gasteiger partial charge in [-0.1, -0.05) is 31.9 Å². The molecular formula is C16H22N2. The van der Waals surface area contributed by atoms with E-state index < -0.39 is 0 Å². The minimum atomic E-state index is -0.354. The van der Waals surface area contributed by atoms with Crippen LogP contribution in [0, 0.1) is 24.2 Å². The van der Waals surface area contributed by atoms with Crippen molar-refractivity contribution in [1.82, 2.24) is 0 Å². The van der Waals surface area contributed by atoms with E-state index in [1.165, 1.54) is 18.4 Å². The Morgan fingerprint density at radius 1 is 1.50 bits per heavy atom. The molecule has 0 radical (unpaired) electrons. The number of hydrogen-bond acceptors (Lipinski definition) is 2. The lowest BCUT2D eigenvalue weighted by molar-refractivity contribution is 0.283. The van der Waals surface area contributed by atoms with Gasteiger partial charge >= 0.3 is 0 Å². The quantitative estimate of drug-likeness (QED) is 0.859. The minimum Gasteiger partial charge on any atom is -0.367 e. The zero-order chi connectivity index (χ0) is 13.0. The maximum atomic E-state index is 9.57. The number of anilines is 1. The first-order chi connectivity index (χ1) is 8.67. The van der Waals surface area contributed by atoms with E-state index in [1.54, 1.807) is 0 Å². The summed E-state index contributed by atoms with van der Waals surface area (Å²) in [5, 5.41) is 13.1. The fraction of sp³-hybridized carbons (Fsp3) is 0.562. The fourth-order valence-corrected chi connectivity index (χ4v) is 2.98. The van der Waals surface area contributed by atoms with Gasteiger partial charge in [-0.05, 0) is 49.8 Å². The topological polar surface area (TPSA) is 35.8 Å². The summed E-state index contributed by atoms with van der Waals surface area (Å²) in [4.78, 5) is 0. The number of rotatable bonds is 3. The molecule has 1 aromatic carbocycles. The fourth-order valence-electron chi connectivity index (χ4n) is 2.98. The highest BCUT2D eigenvalue weighted by Crippen LogP contribution is 2.36. The summed E-state index contributed by atoms with van der Waals surface area (Å²) < 4.78 is 0. The van der Waals surface area contributed by atoms with Gasteiger partial charge in [0.2, 0.25) is 0 Å². The van der Waals surface area contributed by atoms with Gasteiger partial charge in [-0.15, -0.1) is 0 Å². The SMILES string of the molecule is CCC1CCCC(C#N)(Nc2cccc(C)c2)C1. The van der Waals surface area contributed by atoms with Crippen molar-refractivity contribution in [3.05, 3.63) is 29.8 Å². The van der Waals surface area contributed by atoms with Crippen molar-refractivity contribution in [2.24, 2.45) is 5.92 Å². The van der Waals surface area contributed by atoms with Crippen molar-refractivity contribution < 1.29 is 0 Å². The number of nitrogens with zero attached hydrogens (tertiary/aromatic N) is 1. The standard InChI is InChI=1S/C16H22N2/c1-3-14-7-5-9-16(11-14,12-17)18-15-8-4-6-13(2)10-15/h4,6,8,10,14,18H,3,5,7,9,11H2,1-2H3. The lowest BCUT2D eigenvalue weighted by Gasteiger charge is -2.37. The van der Waals surface area contributed by atoms with Crippen LogP contribution in [0.2, 0.25) is 0 Å². The number of aryl methyl sites for hydroxylation is 1. The summed E-state index contributed by atoms with van der Waals surface area (Å²) in [5.74, 6) is 0.690. The molecule has 1 aromatic rings. The van der Waals surface area contributed by atoms with Crippen LogP contribution in [0.4, 0.5) is 5.69 Å². The van der Waals surface area contributed by atoms with Crippen molar-refractivity contribution in [1.29, 1.82) is 5.26 Å². The Kier molecular flexibility index (Phi) is 3.91. The highest BCUT2D eigenvalue weighted by Gasteiger charge is 2.35. The molecule has 1 fully saturated rings. The summed E-state index contributed by atoms with van der Waals surface area (Å²) in [7, 11) is 0. The van der Waals surface area contributed by atoms with E-state index in [0.717, 1.165) is 24.9 Å². The van der Waals surface area contributed by atoms with Crippen LogP contribution in [-0.2, 0) is 0 Å². The number of benzene rings is 1. The van der Waals surface area contributed by atoms with E-state index in [2.05, 4.69) is 43.4 Å². The molecule has 2 rings (SSSR count). The Morgan fingerprint density at radius 2 is 2.33 bits per heavy atom. The van der Waals surface area contributed by atoms with Gasteiger partial charge in [0.05, 0.1) is 6.07 Å². The molecule has 0 saturated heterocycles. The third kappa shape index (κ3) is 2.85. The molecule has 0 heterocycles. The molecule has 2 atom stereocenters. The van der Waals surface area contributed by atoms with Crippen LogP contribution in [0.3, 0.4) is 0 Å². The first kappa shape index (κ1) is 13.0. The second-order valence-electron chi connectivity index (χ2n) is 5.56. The number of hydrogen-bond donors (Lipinski definition) is 1. The average molecular weight is 242 g/mol. The molecule has 0 spiro atoms. The molecule has 2 unspecified atom stereocenters. The average Bonchev–Trinajstić information content (AvgIpc) is 2.39. The highest BCUT2D eigenvalue weighted by molar-refractivity contribution is 5.49. The summed E-state index contributed by atoms with van der Waals surface area (Å²) in [6, 6.07) is 10.8. The lowest BCUT2D eigenvalue weighted by Crippen LogP contribution is -2.41. The molecule has 1 N–H and O–H groups in total. The van der Waals surface area contributed by atoms with Gasteiger partial charge in [-0.2, -0.15) is 5.26 Å². The van der Waals surface area contributed by atoms with Crippen LogP contribution < -0.4 is 5.32 Å². The molecule has 18 heavy (non-hydrogen) atoms. The van der Waals surface area contributed by atoms with Crippen LogP contribution in [0.1, 0.15) is 44.6 Å². The monoisotopic (exact) mass is 242 g/mol. The third-order valence-corrected chi connectivity index (χ3v) is 4.05. The second kappa shape index (κ2) is 5.44. The Bertz CT molecular complexity index is 447. The van der Waals surface area contributed by atoms with Gasteiger partial charge < -0.3 is 5.32 Å². The zero-order valence-electron chi connectivity index (χ0n) is 11.4. The molecule has 0 amide bonds. The second-order valence-corrected chi connectivity index (χ2v) is 5.56. The predicted molar refractivity (Wildman–Crippen MR) is 75.4 cm³/mol. The summed E-state index contributed by atoms with van der Waals surface area (Å²) in [6.07, 6.45) is 5.56. The highest BCUT2D eigenvalue weighted by atomic mass is 15.0. The predicted octanol–water partition coefficient (Wildman–Crippen LogP) is 4.27. The van der Waals surface area contributed by atoms with E-state index in [-0.39, 0.29) is 5.54 Å². The molecule has 1 saturated carbocycles. The van der Waals surface area contributed by atoms with Crippen molar-refractivity contribution in [2.45, 2.75) is 51.5 Å². The molecular weight excluding hydrogens is 220 g/mol. The zero-order valence-corrected chi connectivity index (χ0v) is 11.4. The molecule has 96 valence electrons. The first-order valence-corrected chi connectivity index (χ1v) is 6.93. The third-order valence-electron chi connectivity index (χ3n) is 4.05. The maximum absolute atomic E-state index is 9.57. The van der Waals surface area contributed by atoms with Gasteiger partial charge in [0, 0.05) is 5.69 Å². The molecule has 0 bridgehead atoms. The van der Waals surface area contributed by atoms with E-state index in [9.17, 15) is 5.26 Å². The van der Waals surface area contributed by atoms with Crippen molar-refractivity contribution in [2.75, 3.05) is 5.32 Å². The van der Waals surface area contributed by atoms with Gasteiger partial charge in [-0.3, -0.25) is 0 Å². The van der Waals surface area contributed by atoms with Gasteiger partial charge in [0.1, 0.15) is 5.54 Å². The Labute approximate surface area is 110 Å². The number of nitrogens with one attached hydrogen (secondary N) is 1. The molecule has 1 aliphatic rings. The van der Waals surface area contributed by atoms with E-state index in [4.69, 9.17) is 0 Å². The summed E-state index contributed by atoms with van der Waals surface area (Å²) in [6.45, 7) is 4.31. The molecule has 1 aliphatic carbocycles. The Hall–Kier alpha value is -1.49. The Balaban J connectivity index is 2.16. The molecule has 2 heteroatoms. The van der Waals surface area contributed by atoms with Gasteiger partial charge in [-0.25, -0.2) is 0 Å². The van der Waals surface area contributed by atoms with Crippen LogP contribution in [0.25, 0.3) is 0 Å². The van der Waals surface area contributed by atoms with Crippen molar-refractivity contribution in [3.8, 4) is 6.07 Å². The molecule has 0 aromatic heterocycles. The molecule has 2 nitrogen and oxygen atoms in total. The number of nitriles is 1. The maximum Gasteiger partial charge on any atom is 0.125 e. The minimum absolute atomic E-state index is 0.354. The van der Waals surface area contributed by atoms with Crippen LogP contribution >= 0.6 is 0 Å². The molecule has 0 aliphatic heterocycles. The van der Waals surface area contributed by atoms with Crippen LogP contribution in [0.5, 0.6) is 0 Å². The van der Waals surface area contributed by atoms with Crippen molar-refractivity contribution in [3.63, 3.8) is 0 Å². The van der Waals surface area contributed by atoms with Crippen LogP contribution in [-0.4, -0.2) is 5.54 Å². The van der Waals surface area contributed by atoms with Crippen LogP contribution in [0.15, 0.2) is 24.3 Å².